The Labute approximate surface area is 336 Å². The summed E-state index contributed by atoms with van der Waals surface area (Å²) in [5, 5.41) is 0. The van der Waals surface area contributed by atoms with Crippen LogP contribution < -0.4 is 0 Å². The zero-order valence-corrected chi connectivity index (χ0v) is 36.5. The van der Waals surface area contributed by atoms with Gasteiger partial charge in [0.1, 0.15) is 13.2 Å². The van der Waals surface area contributed by atoms with Crippen molar-refractivity contribution in [2.45, 2.75) is 277 Å². The van der Waals surface area contributed by atoms with E-state index in [0.717, 1.165) is 57.8 Å². The van der Waals surface area contributed by atoms with Gasteiger partial charge in [-0.15, -0.1) is 0 Å². The highest BCUT2D eigenvalue weighted by molar-refractivity contribution is 5.71. The van der Waals surface area contributed by atoms with Crippen LogP contribution in [0, 0.1) is 0 Å². The lowest BCUT2D eigenvalue weighted by Crippen LogP contribution is -2.30. The van der Waals surface area contributed by atoms with E-state index < -0.39 is 6.10 Å². The van der Waals surface area contributed by atoms with Crippen molar-refractivity contribution in [1.82, 2.24) is 0 Å². The van der Waals surface area contributed by atoms with Crippen molar-refractivity contribution >= 4 is 17.9 Å². The molecule has 0 heterocycles. The fourth-order valence-corrected chi connectivity index (χ4v) is 7.21. The van der Waals surface area contributed by atoms with Gasteiger partial charge in [0.2, 0.25) is 0 Å². The van der Waals surface area contributed by atoms with Crippen LogP contribution in [0.15, 0.2) is 0 Å². The van der Waals surface area contributed by atoms with Crippen LogP contribution in [0.5, 0.6) is 0 Å². The molecule has 0 aliphatic heterocycles. The lowest BCUT2D eigenvalue weighted by molar-refractivity contribution is -0.167. The van der Waals surface area contributed by atoms with Crippen molar-refractivity contribution in [2.75, 3.05) is 13.2 Å². The van der Waals surface area contributed by atoms with Gasteiger partial charge < -0.3 is 14.2 Å². The Hall–Kier alpha value is -1.59. The summed E-state index contributed by atoms with van der Waals surface area (Å²) in [6.07, 6.45) is 45.2. The molecule has 0 spiro atoms. The Morgan fingerprint density at radius 3 is 0.741 bits per heavy atom. The molecule has 54 heavy (non-hydrogen) atoms. The minimum atomic E-state index is -0.757. The highest BCUT2D eigenvalue weighted by atomic mass is 16.6. The molecule has 6 nitrogen and oxygen atoms in total. The molecule has 0 rings (SSSR count). The van der Waals surface area contributed by atoms with E-state index in [9.17, 15) is 14.4 Å². The van der Waals surface area contributed by atoms with E-state index in [1.807, 2.05) is 0 Å². The Kier molecular flexibility index (Phi) is 42.8. The predicted molar refractivity (Wildman–Crippen MR) is 229 cm³/mol. The average molecular weight is 765 g/mol. The van der Waals surface area contributed by atoms with Crippen molar-refractivity contribution in [3.05, 3.63) is 0 Å². The summed E-state index contributed by atoms with van der Waals surface area (Å²) in [7, 11) is 0. The number of hydrogen-bond acceptors (Lipinski definition) is 6. The standard InChI is InChI=1S/C48H92O6/c1-4-7-10-13-16-19-20-21-22-23-24-25-26-27-30-32-35-38-41-47(50)53-44-45(54-48(51)42-39-36-33-29-18-15-12-9-6-3)43-52-46(49)40-37-34-31-28-17-14-11-8-5-2/h45H,4-44H2,1-3H3. The van der Waals surface area contributed by atoms with Gasteiger partial charge in [0, 0.05) is 19.3 Å². The molecule has 6 heteroatoms. The lowest BCUT2D eigenvalue weighted by Gasteiger charge is -2.18. The van der Waals surface area contributed by atoms with Crippen LogP contribution >= 0.6 is 0 Å². The number of rotatable bonds is 44. The van der Waals surface area contributed by atoms with Crippen LogP contribution in [0.2, 0.25) is 0 Å². The summed E-state index contributed by atoms with van der Waals surface area (Å²) in [5.74, 6) is -0.854. The molecule has 0 bridgehead atoms. The molecule has 0 saturated heterocycles. The molecular weight excluding hydrogens is 673 g/mol. The summed E-state index contributed by atoms with van der Waals surface area (Å²) in [6.45, 7) is 6.63. The second-order valence-corrected chi connectivity index (χ2v) is 16.4. The topological polar surface area (TPSA) is 78.9 Å². The first-order valence-electron chi connectivity index (χ1n) is 24.0. The maximum Gasteiger partial charge on any atom is 0.306 e. The molecule has 0 aliphatic carbocycles. The number of carbonyl (C=O) groups is 3. The Morgan fingerprint density at radius 2 is 0.500 bits per heavy atom. The molecule has 1 unspecified atom stereocenters. The van der Waals surface area contributed by atoms with Crippen LogP contribution in [0.3, 0.4) is 0 Å². The second-order valence-electron chi connectivity index (χ2n) is 16.4. The minimum Gasteiger partial charge on any atom is -0.462 e. The molecule has 0 aliphatic rings. The largest absolute Gasteiger partial charge is 0.462 e. The smallest absolute Gasteiger partial charge is 0.306 e. The van der Waals surface area contributed by atoms with Gasteiger partial charge in [-0.1, -0.05) is 233 Å². The van der Waals surface area contributed by atoms with Gasteiger partial charge in [0.15, 0.2) is 6.10 Å². The summed E-state index contributed by atoms with van der Waals surface area (Å²) >= 11 is 0. The normalized spacial score (nSPS) is 11.8. The number of esters is 3. The Morgan fingerprint density at radius 1 is 0.296 bits per heavy atom. The van der Waals surface area contributed by atoms with Crippen molar-refractivity contribution in [3.8, 4) is 0 Å². The fourth-order valence-electron chi connectivity index (χ4n) is 7.21. The molecule has 1 atom stereocenters. The van der Waals surface area contributed by atoms with E-state index in [1.165, 1.54) is 173 Å². The SMILES string of the molecule is CCCCCCCCCCCCCCCCCCCCC(=O)OCC(COC(=O)CCCCCCCCCCC)OC(=O)CCCCCCCCCCC. The first-order valence-corrected chi connectivity index (χ1v) is 24.0. The summed E-state index contributed by atoms with van der Waals surface area (Å²) < 4.78 is 16.7. The minimum absolute atomic E-state index is 0.0628. The fraction of sp³-hybridized carbons (Fsp3) is 0.938. The molecule has 0 aromatic rings. The van der Waals surface area contributed by atoms with Crippen molar-refractivity contribution < 1.29 is 28.6 Å². The van der Waals surface area contributed by atoms with E-state index in [0.29, 0.717) is 19.3 Å². The quantitative estimate of drug-likeness (QED) is 0.0349. The Balaban J connectivity index is 4.18. The lowest BCUT2D eigenvalue weighted by atomic mass is 10.0. The monoisotopic (exact) mass is 765 g/mol. The zero-order valence-electron chi connectivity index (χ0n) is 36.5. The molecule has 0 amide bonds. The second kappa shape index (κ2) is 44.1. The van der Waals surface area contributed by atoms with Gasteiger partial charge in [-0.2, -0.15) is 0 Å². The van der Waals surface area contributed by atoms with E-state index >= 15 is 0 Å². The van der Waals surface area contributed by atoms with Crippen molar-refractivity contribution in [1.29, 1.82) is 0 Å². The third-order valence-corrected chi connectivity index (χ3v) is 10.9. The molecule has 0 radical (unpaired) electrons. The van der Waals surface area contributed by atoms with E-state index in [-0.39, 0.29) is 31.1 Å². The number of unbranched alkanes of at least 4 members (excludes halogenated alkanes) is 33. The van der Waals surface area contributed by atoms with Gasteiger partial charge in [-0.05, 0) is 19.3 Å². The van der Waals surface area contributed by atoms with Crippen LogP contribution in [-0.2, 0) is 28.6 Å². The van der Waals surface area contributed by atoms with Gasteiger partial charge in [-0.25, -0.2) is 0 Å². The first-order chi connectivity index (χ1) is 26.5. The summed E-state index contributed by atoms with van der Waals surface area (Å²) in [6, 6.07) is 0. The van der Waals surface area contributed by atoms with E-state index in [1.54, 1.807) is 0 Å². The van der Waals surface area contributed by atoms with Gasteiger partial charge >= 0.3 is 17.9 Å². The van der Waals surface area contributed by atoms with Gasteiger partial charge in [-0.3, -0.25) is 14.4 Å². The van der Waals surface area contributed by atoms with Crippen LogP contribution in [0.4, 0.5) is 0 Å². The maximum atomic E-state index is 12.7. The van der Waals surface area contributed by atoms with Crippen molar-refractivity contribution in [2.24, 2.45) is 0 Å². The molecule has 0 aromatic carbocycles. The number of ether oxygens (including phenoxy) is 3. The van der Waals surface area contributed by atoms with E-state index in [4.69, 9.17) is 14.2 Å². The third kappa shape index (κ3) is 41.6. The maximum absolute atomic E-state index is 12.7. The molecule has 0 N–H and O–H groups in total. The predicted octanol–water partition coefficient (Wildman–Crippen LogP) is 15.3. The molecule has 320 valence electrons. The zero-order chi connectivity index (χ0) is 39.4. The highest BCUT2D eigenvalue weighted by Gasteiger charge is 2.19. The molecule has 0 aromatic heterocycles. The first kappa shape index (κ1) is 52.4. The van der Waals surface area contributed by atoms with Gasteiger partial charge in [0.05, 0.1) is 0 Å². The third-order valence-electron chi connectivity index (χ3n) is 10.9. The average Bonchev–Trinajstić information content (AvgIpc) is 3.17. The van der Waals surface area contributed by atoms with Crippen LogP contribution in [0.25, 0.3) is 0 Å². The van der Waals surface area contributed by atoms with Crippen LogP contribution in [-0.4, -0.2) is 37.2 Å². The molecule has 0 fully saturated rings. The summed E-state index contributed by atoms with van der Waals surface area (Å²) in [5.41, 5.74) is 0. The molecule has 0 saturated carbocycles. The highest BCUT2D eigenvalue weighted by Crippen LogP contribution is 2.16. The number of carbonyl (C=O) groups excluding carboxylic acids is 3. The molecular formula is C48H92O6. The Bertz CT molecular complexity index is 798. The number of hydrogen-bond donors (Lipinski definition) is 0. The van der Waals surface area contributed by atoms with E-state index in [2.05, 4.69) is 20.8 Å². The summed E-state index contributed by atoms with van der Waals surface area (Å²) in [4.78, 5) is 37.6. The van der Waals surface area contributed by atoms with Crippen molar-refractivity contribution in [3.63, 3.8) is 0 Å². The van der Waals surface area contributed by atoms with Crippen LogP contribution in [0.1, 0.15) is 271 Å². The van der Waals surface area contributed by atoms with Gasteiger partial charge in [0.25, 0.3) is 0 Å².